The molecule has 1 aromatic carbocycles. The third-order valence-electron chi connectivity index (χ3n) is 2.70. The van der Waals surface area contributed by atoms with Crippen LogP contribution in [0.3, 0.4) is 0 Å². The largest absolute Gasteiger partial charge is 0.493 e. The Morgan fingerprint density at radius 1 is 1.38 bits per heavy atom. The highest BCUT2D eigenvalue weighted by molar-refractivity contribution is 5.40. The minimum atomic E-state index is 0.222. The Morgan fingerprint density at radius 2 is 2.31 bits per heavy atom. The van der Waals surface area contributed by atoms with Gasteiger partial charge in [-0.3, -0.25) is 0 Å². The van der Waals surface area contributed by atoms with Crippen LogP contribution in [0.5, 0.6) is 5.75 Å². The van der Waals surface area contributed by atoms with Crippen molar-refractivity contribution in [2.75, 3.05) is 12.3 Å². The van der Waals surface area contributed by atoms with Gasteiger partial charge in [0.05, 0.1) is 12.8 Å². The van der Waals surface area contributed by atoms with Gasteiger partial charge < -0.3 is 14.9 Å². The maximum atomic E-state index is 5.45. The van der Waals surface area contributed by atoms with Crippen LogP contribution in [0.15, 0.2) is 28.8 Å². The first-order valence-electron chi connectivity index (χ1n) is 5.26. The van der Waals surface area contributed by atoms with Gasteiger partial charge in [-0.2, -0.15) is 0 Å². The van der Waals surface area contributed by atoms with Crippen molar-refractivity contribution in [3.63, 3.8) is 0 Å². The molecular weight excluding hydrogens is 204 g/mol. The molecule has 0 bridgehead atoms. The van der Waals surface area contributed by atoms with Crippen molar-refractivity contribution >= 4 is 6.01 Å². The van der Waals surface area contributed by atoms with Crippen LogP contribution < -0.4 is 10.5 Å². The van der Waals surface area contributed by atoms with Crippen molar-refractivity contribution in [3.05, 3.63) is 41.3 Å². The number of hydrogen-bond acceptors (Lipinski definition) is 4. The number of aromatic nitrogens is 1. The highest BCUT2D eigenvalue weighted by Crippen LogP contribution is 2.26. The average Bonchev–Trinajstić information content (AvgIpc) is 2.87. The van der Waals surface area contributed by atoms with Gasteiger partial charge in [0.2, 0.25) is 0 Å². The van der Waals surface area contributed by atoms with Crippen LogP contribution in [0.4, 0.5) is 6.01 Å². The van der Waals surface area contributed by atoms with Crippen molar-refractivity contribution in [2.24, 2.45) is 0 Å². The second-order valence-corrected chi connectivity index (χ2v) is 3.88. The molecule has 1 aliphatic rings. The predicted molar refractivity (Wildman–Crippen MR) is 59.4 cm³/mol. The Morgan fingerprint density at radius 3 is 3.12 bits per heavy atom. The van der Waals surface area contributed by atoms with Crippen molar-refractivity contribution in [3.8, 4) is 5.75 Å². The molecule has 0 saturated heterocycles. The monoisotopic (exact) mass is 216 g/mol. The Bertz CT molecular complexity index is 519. The molecule has 0 amide bonds. The van der Waals surface area contributed by atoms with Crippen LogP contribution >= 0.6 is 0 Å². The average molecular weight is 216 g/mol. The number of ether oxygens (including phenoxy) is 1. The molecule has 4 nitrogen and oxygen atoms in total. The van der Waals surface area contributed by atoms with Gasteiger partial charge in [-0.05, 0) is 17.2 Å². The van der Waals surface area contributed by atoms with E-state index in [1.165, 1.54) is 11.1 Å². The summed E-state index contributed by atoms with van der Waals surface area (Å²) in [4.78, 5) is 3.87. The second kappa shape index (κ2) is 3.56. The van der Waals surface area contributed by atoms with Gasteiger partial charge in [-0.25, -0.2) is 4.98 Å². The number of fused-ring (bicyclic) bond motifs is 1. The second-order valence-electron chi connectivity index (χ2n) is 3.88. The highest BCUT2D eigenvalue weighted by Gasteiger charge is 2.12. The van der Waals surface area contributed by atoms with Gasteiger partial charge in [-0.15, -0.1) is 0 Å². The predicted octanol–water partition coefficient (Wildman–Crippen LogP) is 1.78. The summed E-state index contributed by atoms with van der Waals surface area (Å²) >= 11 is 0. The van der Waals surface area contributed by atoms with E-state index in [0.29, 0.717) is 0 Å². The van der Waals surface area contributed by atoms with Crippen LogP contribution in [0.2, 0.25) is 0 Å². The molecule has 1 aliphatic heterocycles. The maximum absolute atomic E-state index is 5.45. The van der Waals surface area contributed by atoms with Gasteiger partial charge in [0, 0.05) is 12.8 Å². The summed E-state index contributed by atoms with van der Waals surface area (Å²) in [7, 11) is 0. The summed E-state index contributed by atoms with van der Waals surface area (Å²) in [6, 6.07) is 6.43. The normalized spacial score (nSPS) is 13.5. The van der Waals surface area contributed by atoms with Crippen molar-refractivity contribution in [1.29, 1.82) is 0 Å². The molecule has 2 N–H and O–H groups in total. The third-order valence-corrected chi connectivity index (χ3v) is 2.70. The number of oxazole rings is 1. The Hall–Kier alpha value is -1.97. The van der Waals surface area contributed by atoms with E-state index in [2.05, 4.69) is 11.1 Å². The van der Waals surface area contributed by atoms with Gasteiger partial charge in [0.1, 0.15) is 11.5 Å². The lowest BCUT2D eigenvalue weighted by atomic mass is 10.1. The number of anilines is 1. The Balaban J connectivity index is 1.85. The molecule has 0 fully saturated rings. The Kier molecular flexibility index (Phi) is 2.06. The molecule has 2 heterocycles. The van der Waals surface area contributed by atoms with Crippen LogP contribution in [0.25, 0.3) is 0 Å². The van der Waals surface area contributed by atoms with E-state index in [1.54, 1.807) is 6.20 Å². The van der Waals surface area contributed by atoms with E-state index in [0.717, 1.165) is 31.0 Å². The SMILES string of the molecule is Nc1ncc(Cc2ccc3c(c2)CCO3)o1. The lowest BCUT2D eigenvalue weighted by Crippen LogP contribution is -1.87. The number of nitrogens with zero attached hydrogens (tertiary/aromatic N) is 1. The molecule has 0 saturated carbocycles. The van der Waals surface area contributed by atoms with Crippen molar-refractivity contribution in [1.82, 2.24) is 4.98 Å². The van der Waals surface area contributed by atoms with E-state index < -0.39 is 0 Å². The molecule has 4 heteroatoms. The topological polar surface area (TPSA) is 61.3 Å². The van der Waals surface area contributed by atoms with Crippen LogP contribution in [-0.2, 0) is 12.8 Å². The van der Waals surface area contributed by atoms with E-state index in [4.69, 9.17) is 14.9 Å². The van der Waals surface area contributed by atoms with Crippen LogP contribution in [0.1, 0.15) is 16.9 Å². The van der Waals surface area contributed by atoms with Crippen LogP contribution in [0, 0.1) is 0 Å². The highest BCUT2D eigenvalue weighted by atomic mass is 16.5. The molecule has 16 heavy (non-hydrogen) atoms. The zero-order valence-corrected chi connectivity index (χ0v) is 8.77. The van der Waals surface area contributed by atoms with Gasteiger partial charge in [-0.1, -0.05) is 12.1 Å². The summed E-state index contributed by atoms with van der Waals surface area (Å²) in [5.41, 5.74) is 7.89. The molecule has 0 unspecified atom stereocenters. The fourth-order valence-corrected chi connectivity index (χ4v) is 1.96. The minimum absolute atomic E-state index is 0.222. The molecule has 3 rings (SSSR count). The lowest BCUT2D eigenvalue weighted by molar-refractivity contribution is 0.357. The third kappa shape index (κ3) is 1.62. The quantitative estimate of drug-likeness (QED) is 0.831. The summed E-state index contributed by atoms with van der Waals surface area (Å²) in [6.07, 6.45) is 3.37. The van der Waals surface area contributed by atoms with E-state index >= 15 is 0 Å². The molecule has 0 atom stereocenters. The van der Waals surface area contributed by atoms with Gasteiger partial charge >= 0.3 is 0 Å². The minimum Gasteiger partial charge on any atom is -0.493 e. The fraction of sp³-hybridized carbons (Fsp3) is 0.250. The maximum Gasteiger partial charge on any atom is 0.292 e. The Labute approximate surface area is 93.0 Å². The van der Waals surface area contributed by atoms with E-state index in [9.17, 15) is 0 Å². The smallest absolute Gasteiger partial charge is 0.292 e. The van der Waals surface area contributed by atoms with E-state index in [1.807, 2.05) is 12.1 Å². The van der Waals surface area contributed by atoms with Gasteiger partial charge in [0.15, 0.2) is 0 Å². The number of nitrogens with two attached hydrogens (primary N) is 1. The van der Waals surface area contributed by atoms with Gasteiger partial charge in [0.25, 0.3) is 6.01 Å². The van der Waals surface area contributed by atoms with Crippen LogP contribution in [-0.4, -0.2) is 11.6 Å². The number of rotatable bonds is 2. The number of benzene rings is 1. The fourth-order valence-electron chi connectivity index (χ4n) is 1.96. The molecule has 0 aliphatic carbocycles. The molecule has 1 aromatic heterocycles. The molecule has 82 valence electrons. The lowest BCUT2D eigenvalue weighted by Gasteiger charge is -2.01. The van der Waals surface area contributed by atoms with Crippen molar-refractivity contribution in [2.45, 2.75) is 12.8 Å². The summed E-state index contributed by atoms with van der Waals surface area (Å²) in [5.74, 6) is 1.79. The first-order valence-corrected chi connectivity index (χ1v) is 5.26. The summed E-state index contributed by atoms with van der Waals surface area (Å²) in [6.45, 7) is 0.786. The zero-order valence-electron chi connectivity index (χ0n) is 8.77. The summed E-state index contributed by atoms with van der Waals surface area (Å²) in [5, 5.41) is 0. The van der Waals surface area contributed by atoms with E-state index in [-0.39, 0.29) is 6.01 Å². The molecule has 0 spiro atoms. The molecule has 2 aromatic rings. The molecule has 0 radical (unpaired) electrons. The van der Waals surface area contributed by atoms with Crippen molar-refractivity contribution < 1.29 is 9.15 Å². The standard InChI is InChI=1S/C12H12N2O2/c13-12-14-7-10(16-12)6-8-1-2-11-9(5-8)3-4-15-11/h1-2,5,7H,3-4,6H2,(H2,13,14). The number of nitrogen functional groups attached to an aromatic ring is 1. The first-order chi connectivity index (χ1) is 7.81. The summed E-state index contributed by atoms with van der Waals surface area (Å²) < 4.78 is 10.7. The first kappa shape index (κ1) is 9.27. The zero-order chi connectivity index (χ0) is 11.0. The molecular formula is C12H12N2O2. The number of hydrogen-bond donors (Lipinski definition) is 1.